The molecule has 0 aromatic carbocycles. The summed E-state index contributed by atoms with van der Waals surface area (Å²) in [6.45, 7) is 5.68. The number of carbonyl (C=O) groups is 1. The molecule has 2 atom stereocenters. The van der Waals surface area contributed by atoms with Gasteiger partial charge in [-0.3, -0.25) is 9.58 Å². The van der Waals surface area contributed by atoms with Gasteiger partial charge in [-0.2, -0.15) is 5.10 Å². The van der Waals surface area contributed by atoms with E-state index in [9.17, 15) is 4.79 Å². The van der Waals surface area contributed by atoms with E-state index in [1.165, 1.54) is 5.56 Å². The van der Waals surface area contributed by atoms with Crippen LogP contribution in [0.3, 0.4) is 0 Å². The van der Waals surface area contributed by atoms with Crippen molar-refractivity contribution in [1.82, 2.24) is 24.5 Å². The first-order valence-electron chi connectivity index (χ1n) is 8.57. The van der Waals surface area contributed by atoms with Gasteiger partial charge in [0.05, 0.1) is 25.5 Å². The second-order valence-electron chi connectivity index (χ2n) is 6.78. The molecule has 0 aliphatic carbocycles. The van der Waals surface area contributed by atoms with Gasteiger partial charge in [-0.15, -0.1) is 0 Å². The number of nitrogens with zero attached hydrogens (tertiary/aromatic N) is 5. The lowest BCUT2D eigenvalue weighted by Crippen LogP contribution is -2.50. The lowest BCUT2D eigenvalue weighted by atomic mass is 10.1. The molecule has 0 bridgehead atoms. The number of hydrogen-bond donors (Lipinski definition) is 0. The summed E-state index contributed by atoms with van der Waals surface area (Å²) in [5.41, 5.74) is 1.26. The summed E-state index contributed by atoms with van der Waals surface area (Å²) in [7, 11) is 1.95. The maximum Gasteiger partial charge on any atom is 0.320 e. The molecular weight excluding hydrogens is 294 g/mol. The Kier molecular flexibility index (Phi) is 3.98. The van der Waals surface area contributed by atoms with E-state index in [-0.39, 0.29) is 6.03 Å². The predicted molar refractivity (Wildman–Crippen MR) is 84.9 cm³/mol. The molecule has 0 N–H and O–H groups in total. The fourth-order valence-electron chi connectivity index (χ4n) is 4.23. The minimum atomic E-state index is 0.212. The smallest absolute Gasteiger partial charge is 0.320 e. The summed E-state index contributed by atoms with van der Waals surface area (Å²) >= 11 is 0. The van der Waals surface area contributed by atoms with Crippen LogP contribution in [-0.4, -0.2) is 82.0 Å². The first-order valence-corrected chi connectivity index (χ1v) is 8.57. The number of aromatic nitrogens is 2. The molecule has 7 heteroatoms. The van der Waals surface area contributed by atoms with Gasteiger partial charge in [0.25, 0.3) is 0 Å². The minimum absolute atomic E-state index is 0.212. The van der Waals surface area contributed by atoms with Crippen molar-refractivity contribution in [3.63, 3.8) is 0 Å². The van der Waals surface area contributed by atoms with Crippen molar-refractivity contribution in [3.8, 4) is 0 Å². The van der Waals surface area contributed by atoms with Crippen LogP contribution in [0.2, 0.25) is 0 Å². The molecule has 0 unspecified atom stereocenters. The van der Waals surface area contributed by atoms with Crippen molar-refractivity contribution >= 4 is 6.03 Å². The highest BCUT2D eigenvalue weighted by Crippen LogP contribution is 2.33. The van der Waals surface area contributed by atoms with Crippen molar-refractivity contribution in [2.24, 2.45) is 7.05 Å². The largest absolute Gasteiger partial charge is 0.378 e. The Morgan fingerprint density at radius 2 is 2.00 bits per heavy atom. The Balaban J connectivity index is 1.40. The normalized spacial score (nSPS) is 28.4. The quantitative estimate of drug-likeness (QED) is 0.797. The standard InChI is InChI=1S/C16H25N5O2/c1-18-11-13(10-17-18)12-20-4-2-15-14(20)3-5-21(15)16(22)19-6-8-23-9-7-19/h10-11,14-15H,2-9,12H2,1H3/t14-,15+/m0/s1. The van der Waals surface area contributed by atoms with E-state index in [2.05, 4.69) is 21.1 Å². The Morgan fingerprint density at radius 1 is 1.22 bits per heavy atom. The monoisotopic (exact) mass is 319 g/mol. The molecular formula is C16H25N5O2. The van der Waals surface area contributed by atoms with Gasteiger partial charge in [-0.25, -0.2) is 4.79 Å². The molecule has 23 heavy (non-hydrogen) atoms. The maximum atomic E-state index is 12.8. The van der Waals surface area contributed by atoms with E-state index in [0.29, 0.717) is 25.3 Å². The van der Waals surface area contributed by atoms with E-state index < -0.39 is 0 Å². The third-order valence-electron chi connectivity index (χ3n) is 5.36. The van der Waals surface area contributed by atoms with Crippen LogP contribution in [0.5, 0.6) is 0 Å². The number of urea groups is 1. The van der Waals surface area contributed by atoms with Crippen LogP contribution in [0.15, 0.2) is 12.4 Å². The minimum Gasteiger partial charge on any atom is -0.378 e. The molecule has 3 aliphatic heterocycles. The summed E-state index contributed by atoms with van der Waals surface area (Å²) in [6.07, 6.45) is 6.19. The average Bonchev–Trinajstić information content (AvgIpc) is 3.26. The van der Waals surface area contributed by atoms with Crippen molar-refractivity contribution in [1.29, 1.82) is 0 Å². The van der Waals surface area contributed by atoms with Crippen LogP contribution >= 0.6 is 0 Å². The number of ether oxygens (including phenoxy) is 1. The maximum absolute atomic E-state index is 12.8. The zero-order valence-electron chi connectivity index (χ0n) is 13.7. The third-order valence-corrected chi connectivity index (χ3v) is 5.36. The summed E-state index contributed by atoms with van der Waals surface area (Å²) in [6, 6.07) is 1.09. The van der Waals surface area contributed by atoms with Gasteiger partial charge < -0.3 is 14.5 Å². The fraction of sp³-hybridized carbons (Fsp3) is 0.750. The van der Waals surface area contributed by atoms with Crippen molar-refractivity contribution < 1.29 is 9.53 Å². The zero-order valence-corrected chi connectivity index (χ0v) is 13.7. The number of hydrogen-bond acceptors (Lipinski definition) is 4. The SMILES string of the molecule is Cn1cc(CN2CC[C@@H]3[C@@H]2CCN3C(=O)N2CCOCC2)cn1. The summed E-state index contributed by atoms with van der Waals surface area (Å²) < 4.78 is 7.21. The van der Waals surface area contributed by atoms with Crippen LogP contribution < -0.4 is 0 Å². The number of rotatable bonds is 2. The van der Waals surface area contributed by atoms with Gasteiger partial charge in [0, 0.05) is 57.6 Å². The molecule has 4 heterocycles. The Morgan fingerprint density at radius 3 is 2.74 bits per heavy atom. The third kappa shape index (κ3) is 2.83. The van der Waals surface area contributed by atoms with Crippen LogP contribution in [0.4, 0.5) is 4.79 Å². The van der Waals surface area contributed by atoms with Crippen molar-refractivity contribution in [2.45, 2.75) is 31.5 Å². The molecule has 0 saturated carbocycles. The van der Waals surface area contributed by atoms with Crippen LogP contribution in [-0.2, 0) is 18.3 Å². The van der Waals surface area contributed by atoms with Gasteiger partial charge in [0.2, 0.25) is 0 Å². The Hall–Kier alpha value is -1.60. The number of aryl methyl sites for hydroxylation is 1. The van der Waals surface area contributed by atoms with Crippen molar-refractivity contribution in [3.05, 3.63) is 18.0 Å². The molecule has 126 valence electrons. The molecule has 1 aromatic heterocycles. The number of amides is 2. The highest BCUT2D eigenvalue weighted by molar-refractivity contribution is 5.75. The molecule has 1 aromatic rings. The fourth-order valence-corrected chi connectivity index (χ4v) is 4.23. The number of carbonyl (C=O) groups excluding carboxylic acids is 1. The van der Waals surface area contributed by atoms with Gasteiger partial charge in [0.15, 0.2) is 0 Å². The Bertz CT molecular complexity index is 569. The van der Waals surface area contributed by atoms with Crippen LogP contribution in [0, 0.1) is 0 Å². The molecule has 0 radical (unpaired) electrons. The van der Waals surface area contributed by atoms with E-state index >= 15 is 0 Å². The molecule has 3 saturated heterocycles. The number of morpholine rings is 1. The summed E-state index contributed by atoms with van der Waals surface area (Å²) in [5, 5.41) is 4.26. The molecule has 7 nitrogen and oxygen atoms in total. The van der Waals surface area contributed by atoms with E-state index in [4.69, 9.17) is 4.74 Å². The average molecular weight is 319 g/mol. The van der Waals surface area contributed by atoms with Crippen molar-refractivity contribution in [2.75, 3.05) is 39.4 Å². The van der Waals surface area contributed by atoms with Gasteiger partial charge in [0.1, 0.15) is 0 Å². The second kappa shape index (κ2) is 6.13. The molecule has 2 amide bonds. The topological polar surface area (TPSA) is 53.8 Å². The lowest BCUT2D eigenvalue weighted by Gasteiger charge is -2.33. The first-order chi connectivity index (χ1) is 11.2. The molecule has 4 rings (SSSR count). The van der Waals surface area contributed by atoms with Gasteiger partial charge in [-0.05, 0) is 12.8 Å². The Labute approximate surface area is 136 Å². The predicted octanol–water partition coefficient (Wildman–Crippen LogP) is 0.521. The second-order valence-corrected chi connectivity index (χ2v) is 6.78. The molecule has 0 spiro atoms. The van der Waals surface area contributed by atoms with Gasteiger partial charge in [-0.1, -0.05) is 0 Å². The highest BCUT2D eigenvalue weighted by Gasteiger charge is 2.45. The summed E-state index contributed by atoms with van der Waals surface area (Å²) in [4.78, 5) is 19.4. The molecule has 3 fully saturated rings. The van der Waals surface area contributed by atoms with Crippen LogP contribution in [0.25, 0.3) is 0 Å². The van der Waals surface area contributed by atoms with E-state index in [1.807, 2.05) is 22.8 Å². The highest BCUT2D eigenvalue weighted by atomic mass is 16.5. The number of fused-ring (bicyclic) bond motifs is 1. The first kappa shape index (κ1) is 15.0. The van der Waals surface area contributed by atoms with Crippen LogP contribution in [0.1, 0.15) is 18.4 Å². The van der Waals surface area contributed by atoms with Gasteiger partial charge >= 0.3 is 6.03 Å². The number of likely N-dealkylation sites (tertiary alicyclic amines) is 2. The summed E-state index contributed by atoms with van der Waals surface area (Å²) in [5.74, 6) is 0. The zero-order chi connectivity index (χ0) is 15.8. The lowest BCUT2D eigenvalue weighted by molar-refractivity contribution is 0.0420. The van der Waals surface area contributed by atoms with E-state index in [1.54, 1.807) is 0 Å². The van der Waals surface area contributed by atoms with E-state index in [0.717, 1.165) is 45.6 Å². The molecule has 3 aliphatic rings.